The minimum Gasteiger partial charge on any atom is -0.477 e. The fraction of sp³-hybridized carbons (Fsp3) is 0.579. The second-order valence-electron chi connectivity index (χ2n) is 6.70. The third-order valence-electron chi connectivity index (χ3n) is 5.10. The molecule has 1 fully saturated rings. The van der Waals surface area contributed by atoms with Gasteiger partial charge in [-0.3, -0.25) is 4.79 Å². The van der Waals surface area contributed by atoms with E-state index in [9.17, 15) is 14.7 Å². The molecule has 136 valence electrons. The lowest BCUT2D eigenvalue weighted by Crippen LogP contribution is -2.47. The largest absolute Gasteiger partial charge is 0.477 e. The summed E-state index contributed by atoms with van der Waals surface area (Å²) in [6, 6.07) is 1.80. The number of fused-ring (bicyclic) bond motifs is 2. The van der Waals surface area contributed by atoms with E-state index in [1.807, 2.05) is 17.9 Å². The van der Waals surface area contributed by atoms with E-state index in [4.69, 9.17) is 4.74 Å². The molecular formula is C19H25NO4S. The first-order valence-electron chi connectivity index (χ1n) is 8.95. The van der Waals surface area contributed by atoms with E-state index in [-0.39, 0.29) is 5.91 Å². The van der Waals surface area contributed by atoms with E-state index in [0.717, 1.165) is 42.5 Å². The van der Waals surface area contributed by atoms with Crippen molar-refractivity contribution in [2.75, 3.05) is 19.7 Å². The zero-order valence-corrected chi connectivity index (χ0v) is 15.4. The summed E-state index contributed by atoms with van der Waals surface area (Å²) in [5, 5.41) is 9.27. The summed E-state index contributed by atoms with van der Waals surface area (Å²) in [7, 11) is 0. The summed E-state index contributed by atoms with van der Waals surface area (Å²) < 4.78 is 6.14. The number of amides is 1. The van der Waals surface area contributed by atoms with Gasteiger partial charge in [-0.15, -0.1) is 11.3 Å². The standard InChI is InChI=1S/C19H25NO4S/c1-2-3-4-5-6-16(21)20-10-8-19(9-11-20)17-14(7-12-24-19)13-15(25-17)18(22)23/h2-3,13H,4-12H2,1H3,(H,22,23)/b3-2+. The van der Waals surface area contributed by atoms with Gasteiger partial charge in [-0.2, -0.15) is 0 Å². The van der Waals surface area contributed by atoms with Crippen molar-refractivity contribution in [3.05, 3.63) is 33.5 Å². The molecule has 0 aromatic carbocycles. The number of nitrogens with zero attached hydrogens (tertiary/aromatic N) is 1. The zero-order valence-electron chi connectivity index (χ0n) is 14.6. The topological polar surface area (TPSA) is 66.8 Å². The molecule has 2 aliphatic heterocycles. The van der Waals surface area contributed by atoms with Gasteiger partial charge in [-0.05, 0) is 50.7 Å². The van der Waals surface area contributed by atoms with Crippen molar-refractivity contribution in [2.45, 2.75) is 51.0 Å². The molecule has 0 unspecified atom stereocenters. The molecule has 0 aliphatic carbocycles. The molecule has 0 atom stereocenters. The molecule has 25 heavy (non-hydrogen) atoms. The van der Waals surface area contributed by atoms with E-state index in [2.05, 4.69) is 6.08 Å². The molecule has 1 aromatic rings. The normalized spacial score (nSPS) is 19.3. The van der Waals surface area contributed by atoms with E-state index < -0.39 is 11.6 Å². The smallest absolute Gasteiger partial charge is 0.345 e. The summed E-state index contributed by atoms with van der Waals surface area (Å²) in [6.07, 6.45) is 8.80. The van der Waals surface area contributed by atoms with Crippen molar-refractivity contribution in [1.29, 1.82) is 0 Å². The van der Waals surface area contributed by atoms with Crippen molar-refractivity contribution in [3.8, 4) is 0 Å². The maximum absolute atomic E-state index is 12.4. The minimum absolute atomic E-state index is 0.216. The van der Waals surface area contributed by atoms with Gasteiger partial charge in [-0.25, -0.2) is 4.79 Å². The number of carbonyl (C=O) groups is 2. The van der Waals surface area contributed by atoms with Crippen LogP contribution in [-0.4, -0.2) is 41.6 Å². The molecule has 1 aromatic heterocycles. The molecule has 6 heteroatoms. The van der Waals surface area contributed by atoms with Gasteiger partial charge in [-0.1, -0.05) is 12.2 Å². The number of hydrogen-bond acceptors (Lipinski definition) is 4. The average Bonchev–Trinajstić information content (AvgIpc) is 3.06. The number of piperidine rings is 1. The highest BCUT2D eigenvalue weighted by Gasteiger charge is 2.43. The summed E-state index contributed by atoms with van der Waals surface area (Å²) >= 11 is 1.34. The molecule has 0 saturated carbocycles. The van der Waals surface area contributed by atoms with Crippen LogP contribution in [0.25, 0.3) is 0 Å². The molecule has 0 bridgehead atoms. The van der Waals surface area contributed by atoms with Gasteiger partial charge in [0.2, 0.25) is 5.91 Å². The first-order chi connectivity index (χ1) is 12.1. The van der Waals surface area contributed by atoms with E-state index in [1.54, 1.807) is 6.07 Å². The van der Waals surface area contributed by atoms with E-state index in [1.165, 1.54) is 11.3 Å². The third-order valence-corrected chi connectivity index (χ3v) is 6.46. The highest BCUT2D eigenvalue weighted by Crippen LogP contribution is 2.45. The van der Waals surface area contributed by atoms with Gasteiger partial charge in [0, 0.05) is 24.4 Å². The number of unbranched alkanes of at least 4 members (excludes halogenated alkanes) is 1. The lowest BCUT2D eigenvalue weighted by molar-refractivity contribution is -0.140. The molecule has 1 saturated heterocycles. The number of thiophene rings is 1. The van der Waals surface area contributed by atoms with Crippen molar-refractivity contribution in [3.63, 3.8) is 0 Å². The number of hydrogen-bond donors (Lipinski definition) is 1. The number of likely N-dealkylation sites (tertiary alicyclic amines) is 1. The molecule has 0 radical (unpaired) electrons. The highest BCUT2D eigenvalue weighted by atomic mass is 32.1. The van der Waals surface area contributed by atoms with Gasteiger partial charge in [0.25, 0.3) is 0 Å². The van der Waals surface area contributed by atoms with Crippen LogP contribution in [-0.2, 0) is 21.6 Å². The summed E-state index contributed by atoms with van der Waals surface area (Å²) in [4.78, 5) is 27.0. The van der Waals surface area contributed by atoms with Crippen molar-refractivity contribution >= 4 is 23.2 Å². The Kier molecular flexibility index (Phi) is 5.59. The van der Waals surface area contributed by atoms with Crippen LogP contribution in [0, 0.1) is 0 Å². The van der Waals surface area contributed by atoms with Crippen molar-refractivity contribution < 1.29 is 19.4 Å². The van der Waals surface area contributed by atoms with E-state index >= 15 is 0 Å². The second kappa shape index (κ2) is 7.70. The number of aromatic carboxylic acids is 1. The van der Waals surface area contributed by atoms with Crippen LogP contribution in [0.1, 0.15) is 59.1 Å². The lowest BCUT2D eigenvalue weighted by atomic mass is 9.85. The van der Waals surface area contributed by atoms with Crippen LogP contribution in [0.15, 0.2) is 18.2 Å². The van der Waals surface area contributed by atoms with Gasteiger partial charge >= 0.3 is 5.97 Å². The first-order valence-corrected chi connectivity index (χ1v) is 9.77. The number of rotatable bonds is 5. The SMILES string of the molecule is C/C=C/CCCC(=O)N1CCC2(CC1)OCCc1cc(C(=O)O)sc12. The molecule has 3 heterocycles. The van der Waals surface area contributed by atoms with Gasteiger partial charge < -0.3 is 14.7 Å². The Morgan fingerprint density at radius 2 is 2.16 bits per heavy atom. The summed E-state index contributed by atoms with van der Waals surface area (Å²) in [5.41, 5.74) is 0.716. The van der Waals surface area contributed by atoms with Crippen LogP contribution < -0.4 is 0 Å². The van der Waals surface area contributed by atoms with Crippen LogP contribution in [0.2, 0.25) is 0 Å². The Morgan fingerprint density at radius 1 is 1.40 bits per heavy atom. The molecule has 5 nitrogen and oxygen atoms in total. The number of carboxylic acid groups (broad SMARTS) is 1. The predicted molar refractivity (Wildman–Crippen MR) is 97.1 cm³/mol. The molecular weight excluding hydrogens is 338 g/mol. The zero-order chi connectivity index (χ0) is 17.9. The van der Waals surface area contributed by atoms with Crippen LogP contribution >= 0.6 is 11.3 Å². The summed E-state index contributed by atoms with van der Waals surface area (Å²) in [5.74, 6) is -0.656. The molecule has 2 aliphatic rings. The quantitative estimate of drug-likeness (QED) is 0.641. The predicted octanol–water partition coefficient (Wildman–Crippen LogP) is 3.58. The molecule has 1 N–H and O–H groups in total. The Hall–Kier alpha value is -1.66. The fourth-order valence-corrected chi connectivity index (χ4v) is 4.96. The van der Waals surface area contributed by atoms with Crippen LogP contribution in [0.3, 0.4) is 0 Å². The fourth-order valence-electron chi connectivity index (χ4n) is 3.71. The minimum atomic E-state index is -0.872. The van der Waals surface area contributed by atoms with Crippen LogP contribution in [0.5, 0.6) is 0 Å². The average molecular weight is 363 g/mol. The Morgan fingerprint density at radius 3 is 2.84 bits per heavy atom. The Balaban J connectivity index is 1.64. The lowest BCUT2D eigenvalue weighted by Gasteiger charge is -2.43. The molecule has 1 spiro atoms. The Labute approximate surface area is 152 Å². The summed E-state index contributed by atoms with van der Waals surface area (Å²) in [6.45, 7) is 3.98. The van der Waals surface area contributed by atoms with Gasteiger partial charge in [0.1, 0.15) is 10.5 Å². The molecule has 3 rings (SSSR count). The second-order valence-corrected chi connectivity index (χ2v) is 7.76. The van der Waals surface area contributed by atoms with Gasteiger partial charge in [0.15, 0.2) is 0 Å². The molecule has 1 amide bonds. The number of carboxylic acids is 1. The van der Waals surface area contributed by atoms with Crippen LogP contribution in [0.4, 0.5) is 0 Å². The Bertz CT molecular complexity index is 671. The van der Waals surface area contributed by atoms with Crippen molar-refractivity contribution in [2.24, 2.45) is 0 Å². The van der Waals surface area contributed by atoms with E-state index in [0.29, 0.717) is 31.0 Å². The highest BCUT2D eigenvalue weighted by molar-refractivity contribution is 7.14. The maximum Gasteiger partial charge on any atom is 0.345 e. The number of carbonyl (C=O) groups excluding carboxylic acids is 1. The third kappa shape index (κ3) is 3.80. The number of ether oxygens (including phenoxy) is 1. The van der Waals surface area contributed by atoms with Crippen molar-refractivity contribution in [1.82, 2.24) is 4.90 Å². The monoisotopic (exact) mass is 363 g/mol. The maximum atomic E-state index is 12.4. The van der Waals surface area contributed by atoms with Gasteiger partial charge in [0.05, 0.1) is 6.61 Å². The number of allylic oxidation sites excluding steroid dienone is 2. The first kappa shape index (κ1) is 18.1.